The molecule has 0 aromatic heterocycles. The van der Waals surface area contributed by atoms with Crippen LogP contribution in [0.1, 0.15) is 19.8 Å². The molecule has 0 aliphatic heterocycles. The van der Waals surface area contributed by atoms with Crippen LogP contribution in [-0.4, -0.2) is 66.6 Å². The van der Waals surface area contributed by atoms with E-state index in [0.717, 1.165) is 0 Å². The second kappa shape index (κ2) is 6.08. The van der Waals surface area contributed by atoms with Crippen molar-refractivity contribution in [1.29, 1.82) is 0 Å². The quantitative estimate of drug-likeness (QED) is 0.528. The van der Waals surface area contributed by atoms with E-state index in [1.54, 1.807) is 19.0 Å². The molecule has 4 atom stereocenters. The van der Waals surface area contributed by atoms with Crippen molar-refractivity contribution >= 4 is 0 Å². The van der Waals surface area contributed by atoms with Gasteiger partial charge in [-0.05, 0) is 27.4 Å². The van der Waals surface area contributed by atoms with Crippen molar-refractivity contribution in [3.63, 3.8) is 0 Å². The number of aliphatic hydroxyl groups excluding tert-OH is 2. The molecule has 1 aliphatic carbocycles. The van der Waals surface area contributed by atoms with Gasteiger partial charge in [-0.1, -0.05) is 0 Å². The number of rotatable bonds is 6. The van der Waals surface area contributed by atoms with Gasteiger partial charge < -0.3 is 25.4 Å². The Bertz CT molecular complexity index is 240. The maximum Gasteiger partial charge on any atom is 0.216 e. The number of nitrogens with zero attached hydrogens (tertiary/aromatic N) is 1. The molecule has 1 fully saturated rings. The second-order valence-corrected chi connectivity index (χ2v) is 4.98. The van der Waals surface area contributed by atoms with Crippen LogP contribution in [0, 0.1) is 0 Å². The van der Waals surface area contributed by atoms with Gasteiger partial charge in [0.25, 0.3) is 0 Å². The Balaban J connectivity index is 2.51. The number of hydrogen-bond donors (Lipinski definition) is 3. The van der Waals surface area contributed by atoms with E-state index in [9.17, 15) is 5.11 Å². The van der Waals surface area contributed by atoms with Crippen molar-refractivity contribution < 1.29 is 19.7 Å². The molecule has 0 aromatic carbocycles. The highest BCUT2D eigenvalue weighted by molar-refractivity contribution is 4.98. The van der Waals surface area contributed by atoms with Gasteiger partial charge in [0.15, 0.2) is 0 Å². The lowest BCUT2D eigenvalue weighted by Crippen LogP contribution is -2.48. The molecule has 4 N–H and O–H groups in total. The molecule has 0 spiro atoms. The van der Waals surface area contributed by atoms with Crippen molar-refractivity contribution in [3.05, 3.63) is 0 Å². The molecule has 0 radical (unpaired) electrons. The fraction of sp³-hybridized carbons (Fsp3) is 1.00. The fourth-order valence-corrected chi connectivity index (χ4v) is 2.05. The van der Waals surface area contributed by atoms with Crippen LogP contribution in [0.4, 0.5) is 0 Å². The zero-order valence-corrected chi connectivity index (χ0v) is 10.8. The molecule has 0 heterocycles. The van der Waals surface area contributed by atoms with E-state index in [-0.39, 0.29) is 18.8 Å². The maximum atomic E-state index is 9.70. The number of hydrogen-bond acceptors (Lipinski definition) is 6. The summed E-state index contributed by atoms with van der Waals surface area (Å²) in [7, 11) is 3.46. The Morgan fingerprint density at radius 2 is 2.18 bits per heavy atom. The standard InChI is InChI=1S/C11H24N2O4/c1-11(17-10(15)13(2)3)7-8(6-9(11)12)16-5-4-14/h8-10,14-15H,4-7,12H2,1-3H3. The average Bonchev–Trinajstić information content (AvgIpc) is 2.51. The Morgan fingerprint density at radius 1 is 1.53 bits per heavy atom. The first-order valence-corrected chi connectivity index (χ1v) is 5.89. The van der Waals surface area contributed by atoms with Crippen molar-refractivity contribution in [2.24, 2.45) is 5.73 Å². The van der Waals surface area contributed by atoms with E-state index in [1.807, 2.05) is 6.92 Å². The number of ether oxygens (including phenoxy) is 2. The molecule has 1 aliphatic rings. The predicted octanol–water partition coefficient (Wildman–Crippen LogP) is -0.902. The summed E-state index contributed by atoms with van der Waals surface area (Å²) in [4.78, 5) is 1.57. The van der Waals surface area contributed by atoms with Crippen LogP contribution in [0.3, 0.4) is 0 Å². The van der Waals surface area contributed by atoms with Gasteiger partial charge >= 0.3 is 0 Å². The third-order valence-corrected chi connectivity index (χ3v) is 3.20. The molecule has 17 heavy (non-hydrogen) atoms. The monoisotopic (exact) mass is 248 g/mol. The summed E-state index contributed by atoms with van der Waals surface area (Å²) in [6, 6.07) is -0.180. The Hall–Kier alpha value is -0.240. The number of nitrogens with two attached hydrogens (primary N) is 1. The molecule has 1 rings (SSSR count). The summed E-state index contributed by atoms with van der Waals surface area (Å²) in [5, 5.41) is 18.4. The Labute approximate surface area is 102 Å². The Morgan fingerprint density at radius 3 is 2.71 bits per heavy atom. The third kappa shape index (κ3) is 3.87. The van der Waals surface area contributed by atoms with E-state index < -0.39 is 12.0 Å². The molecule has 0 aromatic rings. The normalized spacial score (nSPS) is 35.5. The van der Waals surface area contributed by atoms with E-state index >= 15 is 0 Å². The highest BCUT2D eigenvalue weighted by Crippen LogP contribution is 2.34. The van der Waals surface area contributed by atoms with Crippen LogP contribution >= 0.6 is 0 Å². The minimum Gasteiger partial charge on any atom is -0.394 e. The highest BCUT2D eigenvalue weighted by Gasteiger charge is 2.45. The van der Waals surface area contributed by atoms with Crippen LogP contribution in [-0.2, 0) is 9.47 Å². The first kappa shape index (κ1) is 14.8. The molecule has 1 saturated carbocycles. The molecule has 4 unspecified atom stereocenters. The molecule has 6 heteroatoms. The first-order valence-electron chi connectivity index (χ1n) is 5.89. The van der Waals surface area contributed by atoms with Crippen molar-refractivity contribution in [2.75, 3.05) is 27.3 Å². The summed E-state index contributed by atoms with van der Waals surface area (Å²) >= 11 is 0. The van der Waals surface area contributed by atoms with Crippen molar-refractivity contribution in [3.8, 4) is 0 Å². The minimum atomic E-state index is -0.970. The van der Waals surface area contributed by atoms with E-state index in [2.05, 4.69) is 0 Å². The predicted molar refractivity (Wildman–Crippen MR) is 63.2 cm³/mol. The molecule has 102 valence electrons. The molecule has 0 saturated heterocycles. The summed E-state index contributed by atoms with van der Waals surface area (Å²) in [5.74, 6) is 0. The first-order chi connectivity index (χ1) is 7.89. The van der Waals surface area contributed by atoms with Crippen LogP contribution in [0.2, 0.25) is 0 Å². The van der Waals surface area contributed by atoms with Gasteiger partial charge in [-0.3, -0.25) is 4.90 Å². The van der Waals surface area contributed by atoms with Crippen LogP contribution in [0.15, 0.2) is 0 Å². The highest BCUT2D eigenvalue weighted by atomic mass is 16.6. The molecular weight excluding hydrogens is 224 g/mol. The minimum absolute atomic E-state index is 0.00360. The molecule has 6 nitrogen and oxygen atoms in total. The second-order valence-electron chi connectivity index (χ2n) is 4.98. The van der Waals surface area contributed by atoms with E-state index in [4.69, 9.17) is 20.3 Å². The topological polar surface area (TPSA) is 88.2 Å². The number of aliphatic hydroxyl groups is 2. The zero-order valence-electron chi connectivity index (χ0n) is 10.8. The Kier molecular flexibility index (Phi) is 5.30. The molecular formula is C11H24N2O4. The van der Waals surface area contributed by atoms with Crippen LogP contribution < -0.4 is 5.73 Å². The van der Waals surface area contributed by atoms with Gasteiger partial charge in [0.05, 0.1) is 24.9 Å². The van der Waals surface area contributed by atoms with Gasteiger partial charge in [-0.15, -0.1) is 0 Å². The van der Waals surface area contributed by atoms with Gasteiger partial charge in [-0.25, -0.2) is 0 Å². The third-order valence-electron chi connectivity index (χ3n) is 3.20. The lowest BCUT2D eigenvalue weighted by atomic mass is 10.0. The smallest absolute Gasteiger partial charge is 0.216 e. The van der Waals surface area contributed by atoms with Gasteiger partial charge in [-0.2, -0.15) is 0 Å². The summed E-state index contributed by atoms with van der Waals surface area (Å²) in [6.45, 7) is 2.19. The zero-order chi connectivity index (χ0) is 13.1. The average molecular weight is 248 g/mol. The summed E-state index contributed by atoms with van der Waals surface area (Å²) < 4.78 is 11.1. The van der Waals surface area contributed by atoms with Crippen LogP contribution in [0.25, 0.3) is 0 Å². The van der Waals surface area contributed by atoms with E-state index in [0.29, 0.717) is 19.4 Å². The van der Waals surface area contributed by atoms with E-state index in [1.165, 1.54) is 0 Å². The fourth-order valence-electron chi connectivity index (χ4n) is 2.05. The van der Waals surface area contributed by atoms with Crippen LogP contribution in [0.5, 0.6) is 0 Å². The largest absolute Gasteiger partial charge is 0.394 e. The molecule has 0 amide bonds. The van der Waals surface area contributed by atoms with Gasteiger partial charge in [0, 0.05) is 12.5 Å². The molecule has 0 bridgehead atoms. The lowest BCUT2D eigenvalue weighted by Gasteiger charge is -2.33. The SMILES string of the molecule is CN(C)C(O)OC1(C)CC(OCCO)CC1N. The van der Waals surface area contributed by atoms with Crippen molar-refractivity contribution in [1.82, 2.24) is 4.90 Å². The van der Waals surface area contributed by atoms with Gasteiger partial charge in [0.2, 0.25) is 6.41 Å². The van der Waals surface area contributed by atoms with Gasteiger partial charge in [0.1, 0.15) is 0 Å². The maximum absolute atomic E-state index is 9.70. The lowest BCUT2D eigenvalue weighted by molar-refractivity contribution is -0.239. The van der Waals surface area contributed by atoms with Crippen molar-refractivity contribution in [2.45, 2.75) is 43.9 Å². The summed E-state index contributed by atoms with van der Waals surface area (Å²) in [5.41, 5.74) is 5.43. The summed E-state index contributed by atoms with van der Waals surface area (Å²) in [6.07, 6.45) is 0.314.